The quantitative estimate of drug-likeness (QED) is 0.427. The highest BCUT2D eigenvalue weighted by Crippen LogP contribution is 2.36. The molecule has 170 valence electrons. The van der Waals surface area contributed by atoms with Gasteiger partial charge >= 0.3 is 0 Å². The van der Waals surface area contributed by atoms with Crippen LogP contribution in [0.5, 0.6) is 5.75 Å². The topological polar surface area (TPSA) is 81.1 Å². The molecule has 5 rings (SSSR count). The van der Waals surface area contributed by atoms with Gasteiger partial charge < -0.3 is 15.4 Å². The van der Waals surface area contributed by atoms with Crippen molar-refractivity contribution < 1.29 is 9.53 Å². The minimum Gasteiger partial charge on any atom is -0.489 e. The molecule has 1 amide bonds. The number of hydrogen-bond donors (Lipinski definition) is 2. The SMILES string of the molecule is CC1=C(C(=O)Nc2cccc(C)c2)C(c2cccc(OCc3ccccc3)c2)n2ncnc2N1. The molecule has 1 aliphatic heterocycles. The first-order valence-electron chi connectivity index (χ1n) is 11.1. The Balaban J connectivity index is 1.47. The van der Waals surface area contributed by atoms with Crippen molar-refractivity contribution in [3.8, 4) is 5.75 Å². The number of fused-ring (bicyclic) bond motifs is 1. The van der Waals surface area contributed by atoms with Gasteiger partial charge in [0.15, 0.2) is 0 Å². The zero-order valence-electron chi connectivity index (χ0n) is 19.0. The average Bonchev–Trinajstić information content (AvgIpc) is 3.30. The van der Waals surface area contributed by atoms with Gasteiger partial charge in [-0.3, -0.25) is 4.79 Å². The van der Waals surface area contributed by atoms with E-state index in [-0.39, 0.29) is 5.91 Å². The molecule has 2 heterocycles. The van der Waals surface area contributed by atoms with Crippen LogP contribution in [0.15, 0.2) is 96.5 Å². The standard InChI is InChI=1S/C27H25N5O2/c1-18-8-6-12-22(14-18)31-26(33)24-19(2)30-27-28-17-29-32(27)25(24)21-11-7-13-23(15-21)34-16-20-9-4-3-5-10-20/h3-15,17,25H,16H2,1-2H3,(H,31,33)(H,28,29,30). The molecule has 0 fully saturated rings. The number of allylic oxidation sites excluding steroid dienone is 1. The van der Waals surface area contributed by atoms with Gasteiger partial charge in [-0.2, -0.15) is 10.1 Å². The maximum absolute atomic E-state index is 13.5. The molecule has 1 unspecified atom stereocenters. The Morgan fingerprint density at radius 3 is 2.68 bits per heavy atom. The molecular weight excluding hydrogens is 426 g/mol. The van der Waals surface area contributed by atoms with Crippen LogP contribution in [0.1, 0.15) is 29.7 Å². The molecule has 7 nitrogen and oxygen atoms in total. The monoisotopic (exact) mass is 451 g/mol. The number of carbonyl (C=O) groups excluding carboxylic acids is 1. The van der Waals surface area contributed by atoms with E-state index >= 15 is 0 Å². The summed E-state index contributed by atoms with van der Waals surface area (Å²) in [4.78, 5) is 17.8. The molecule has 0 aliphatic carbocycles. The van der Waals surface area contributed by atoms with E-state index in [0.29, 0.717) is 18.1 Å². The van der Waals surface area contributed by atoms with E-state index in [9.17, 15) is 4.79 Å². The van der Waals surface area contributed by atoms with Crippen molar-refractivity contribution in [2.45, 2.75) is 26.5 Å². The maximum Gasteiger partial charge on any atom is 0.255 e. The smallest absolute Gasteiger partial charge is 0.255 e. The van der Waals surface area contributed by atoms with Crippen molar-refractivity contribution in [3.63, 3.8) is 0 Å². The first kappa shape index (κ1) is 21.5. The largest absolute Gasteiger partial charge is 0.489 e. The van der Waals surface area contributed by atoms with Crippen molar-refractivity contribution in [1.82, 2.24) is 14.8 Å². The number of hydrogen-bond acceptors (Lipinski definition) is 5. The van der Waals surface area contributed by atoms with E-state index in [1.54, 1.807) is 4.68 Å². The van der Waals surface area contributed by atoms with Gasteiger partial charge in [-0.25, -0.2) is 4.68 Å². The lowest BCUT2D eigenvalue weighted by Gasteiger charge is -2.29. The Labute approximate surface area is 198 Å². The number of aromatic nitrogens is 3. The van der Waals surface area contributed by atoms with Gasteiger partial charge in [0, 0.05) is 11.4 Å². The fourth-order valence-corrected chi connectivity index (χ4v) is 4.13. The molecule has 1 atom stereocenters. The van der Waals surface area contributed by atoms with E-state index in [0.717, 1.165) is 33.8 Å². The van der Waals surface area contributed by atoms with Crippen molar-refractivity contribution >= 4 is 17.5 Å². The van der Waals surface area contributed by atoms with E-state index in [2.05, 4.69) is 20.7 Å². The summed E-state index contributed by atoms with van der Waals surface area (Å²) < 4.78 is 7.78. The molecule has 2 N–H and O–H groups in total. The Hall–Kier alpha value is -4.39. The number of anilines is 2. The summed E-state index contributed by atoms with van der Waals surface area (Å²) >= 11 is 0. The van der Waals surface area contributed by atoms with E-state index in [1.807, 2.05) is 92.7 Å². The van der Waals surface area contributed by atoms with Crippen molar-refractivity contribution in [2.75, 3.05) is 10.6 Å². The van der Waals surface area contributed by atoms with Crippen LogP contribution in [-0.4, -0.2) is 20.7 Å². The van der Waals surface area contributed by atoms with E-state index < -0.39 is 6.04 Å². The Bertz CT molecular complexity index is 1360. The molecule has 7 heteroatoms. The first-order valence-corrected chi connectivity index (χ1v) is 11.1. The number of nitrogens with zero attached hydrogens (tertiary/aromatic N) is 3. The number of nitrogens with one attached hydrogen (secondary N) is 2. The van der Waals surface area contributed by atoms with Gasteiger partial charge in [0.05, 0.1) is 5.57 Å². The molecule has 1 aliphatic rings. The van der Waals surface area contributed by atoms with Crippen LogP contribution in [0.3, 0.4) is 0 Å². The number of carbonyl (C=O) groups is 1. The van der Waals surface area contributed by atoms with Crippen molar-refractivity contribution in [1.29, 1.82) is 0 Å². The Kier molecular flexibility index (Phi) is 5.82. The van der Waals surface area contributed by atoms with Crippen LogP contribution in [-0.2, 0) is 11.4 Å². The zero-order chi connectivity index (χ0) is 23.5. The minimum atomic E-state index is -0.455. The Morgan fingerprint density at radius 1 is 1.03 bits per heavy atom. The molecular formula is C27H25N5O2. The minimum absolute atomic E-state index is 0.197. The summed E-state index contributed by atoms with van der Waals surface area (Å²) in [6, 6.07) is 25.1. The second-order valence-corrected chi connectivity index (χ2v) is 8.26. The lowest BCUT2D eigenvalue weighted by atomic mass is 9.94. The molecule has 0 radical (unpaired) electrons. The third-order valence-corrected chi connectivity index (χ3v) is 5.74. The number of amides is 1. The molecule has 4 aromatic rings. The highest BCUT2D eigenvalue weighted by Gasteiger charge is 2.33. The van der Waals surface area contributed by atoms with Crippen molar-refractivity contribution in [2.24, 2.45) is 0 Å². The predicted octanol–water partition coefficient (Wildman–Crippen LogP) is 5.09. The third kappa shape index (κ3) is 4.41. The first-order chi connectivity index (χ1) is 16.6. The summed E-state index contributed by atoms with van der Waals surface area (Å²) in [5, 5.41) is 10.7. The lowest BCUT2D eigenvalue weighted by Crippen LogP contribution is -2.31. The zero-order valence-corrected chi connectivity index (χ0v) is 19.0. The molecule has 0 saturated carbocycles. The van der Waals surface area contributed by atoms with Crippen LogP contribution in [0.2, 0.25) is 0 Å². The fraction of sp³-hybridized carbons (Fsp3) is 0.148. The predicted molar refractivity (Wildman–Crippen MR) is 132 cm³/mol. The molecule has 0 saturated heterocycles. The van der Waals surface area contributed by atoms with Gasteiger partial charge in [-0.1, -0.05) is 54.6 Å². The van der Waals surface area contributed by atoms with Crippen molar-refractivity contribution in [3.05, 3.63) is 113 Å². The second-order valence-electron chi connectivity index (χ2n) is 8.26. The van der Waals surface area contributed by atoms with Crippen LogP contribution < -0.4 is 15.4 Å². The number of ether oxygens (including phenoxy) is 1. The van der Waals surface area contributed by atoms with E-state index in [1.165, 1.54) is 6.33 Å². The molecule has 0 spiro atoms. The summed E-state index contributed by atoms with van der Waals surface area (Å²) in [5.41, 5.74) is 5.08. The molecule has 34 heavy (non-hydrogen) atoms. The van der Waals surface area contributed by atoms with Gasteiger partial charge in [0.25, 0.3) is 5.91 Å². The summed E-state index contributed by atoms with van der Waals surface area (Å²) in [5.74, 6) is 1.11. The summed E-state index contributed by atoms with van der Waals surface area (Å²) in [7, 11) is 0. The van der Waals surface area contributed by atoms with Crippen LogP contribution >= 0.6 is 0 Å². The van der Waals surface area contributed by atoms with Gasteiger partial charge in [-0.15, -0.1) is 0 Å². The highest BCUT2D eigenvalue weighted by atomic mass is 16.5. The summed E-state index contributed by atoms with van der Waals surface area (Å²) in [6.07, 6.45) is 1.49. The molecule has 3 aromatic carbocycles. The van der Waals surface area contributed by atoms with Gasteiger partial charge in [0.1, 0.15) is 24.7 Å². The number of aryl methyl sites for hydroxylation is 1. The maximum atomic E-state index is 13.5. The second kappa shape index (κ2) is 9.23. The van der Waals surface area contributed by atoms with Crippen LogP contribution in [0, 0.1) is 6.92 Å². The lowest BCUT2D eigenvalue weighted by molar-refractivity contribution is -0.113. The Morgan fingerprint density at radius 2 is 1.85 bits per heavy atom. The number of benzene rings is 3. The fourth-order valence-electron chi connectivity index (χ4n) is 4.13. The molecule has 1 aromatic heterocycles. The van der Waals surface area contributed by atoms with Crippen LogP contribution in [0.25, 0.3) is 0 Å². The van der Waals surface area contributed by atoms with Gasteiger partial charge in [0.2, 0.25) is 5.95 Å². The van der Waals surface area contributed by atoms with Gasteiger partial charge in [-0.05, 0) is 54.8 Å². The average molecular weight is 452 g/mol. The van der Waals surface area contributed by atoms with Crippen LogP contribution in [0.4, 0.5) is 11.6 Å². The third-order valence-electron chi connectivity index (χ3n) is 5.74. The van der Waals surface area contributed by atoms with E-state index in [4.69, 9.17) is 4.74 Å². The molecule has 0 bridgehead atoms. The summed E-state index contributed by atoms with van der Waals surface area (Å²) in [6.45, 7) is 4.33. The number of rotatable bonds is 6. The highest BCUT2D eigenvalue weighted by molar-refractivity contribution is 6.06. The normalized spacial score (nSPS) is 14.8.